The van der Waals surface area contributed by atoms with Crippen molar-refractivity contribution in [3.05, 3.63) is 11.9 Å². The molecule has 4 fully saturated rings. The number of ketones is 1. The largest absolute Gasteiger partial charge is 0.390 e. The number of fused-ring (bicyclic) bond motifs is 5. The van der Waals surface area contributed by atoms with E-state index in [0.29, 0.717) is 29.4 Å². The summed E-state index contributed by atoms with van der Waals surface area (Å²) in [6.45, 7) is 5.23. The van der Waals surface area contributed by atoms with Gasteiger partial charge in [-0.1, -0.05) is 6.92 Å². The van der Waals surface area contributed by atoms with Crippen LogP contribution in [0.25, 0.3) is 0 Å². The zero-order valence-corrected chi connectivity index (χ0v) is 19.6. The SMILES string of the molecule is COC[C@]12CC[C@@](C)(O)C[C@@H]1CC[C@H]1[C@@H]3CC[C@H](C(=O)c4cnn(C)n4)[C@@]3(C)CC[C@@H]12. The smallest absolute Gasteiger partial charge is 0.188 e. The monoisotopic (exact) mass is 429 g/mol. The van der Waals surface area contributed by atoms with Gasteiger partial charge in [-0.05, 0) is 99.2 Å². The highest BCUT2D eigenvalue weighted by Crippen LogP contribution is 2.68. The highest BCUT2D eigenvalue weighted by atomic mass is 16.5. The Morgan fingerprint density at radius 1 is 1.16 bits per heavy atom. The average molecular weight is 430 g/mol. The molecule has 0 spiro atoms. The molecule has 8 atom stereocenters. The van der Waals surface area contributed by atoms with Gasteiger partial charge in [0.05, 0.1) is 18.4 Å². The maximum Gasteiger partial charge on any atom is 0.188 e. The standard InChI is InChI=1S/C25H39N3O3/c1-23(30)11-12-25(15-31-4)16(13-23)5-6-17-18-7-8-20(24(18,2)10-9-19(17)25)22(29)21-14-26-28(3)27-21/h14,16-20,30H,5-13,15H2,1-4H3/t16-,17-,18-,19-,20+,23+,24-,25+/m0/s1. The summed E-state index contributed by atoms with van der Waals surface area (Å²) < 4.78 is 5.86. The zero-order chi connectivity index (χ0) is 22.0. The van der Waals surface area contributed by atoms with Gasteiger partial charge in [-0.25, -0.2) is 0 Å². The van der Waals surface area contributed by atoms with Crippen molar-refractivity contribution >= 4 is 5.78 Å². The summed E-state index contributed by atoms with van der Waals surface area (Å²) in [4.78, 5) is 14.9. The molecule has 0 amide bonds. The third-order valence-corrected chi connectivity index (χ3v) is 10.2. The fourth-order valence-corrected chi connectivity index (χ4v) is 8.85. The molecule has 1 heterocycles. The normalized spacial score (nSPS) is 46.8. The Balaban J connectivity index is 1.42. The molecule has 0 aliphatic heterocycles. The van der Waals surface area contributed by atoms with E-state index in [1.54, 1.807) is 13.2 Å². The number of rotatable bonds is 4. The molecule has 0 radical (unpaired) electrons. The second kappa shape index (κ2) is 7.38. The highest BCUT2D eigenvalue weighted by Gasteiger charge is 2.63. The Labute approximate surface area is 186 Å². The lowest BCUT2D eigenvalue weighted by Gasteiger charge is -2.62. The van der Waals surface area contributed by atoms with Crippen molar-refractivity contribution in [1.29, 1.82) is 0 Å². The van der Waals surface area contributed by atoms with Crippen molar-refractivity contribution < 1.29 is 14.6 Å². The lowest BCUT2D eigenvalue weighted by molar-refractivity contribution is -0.173. The lowest BCUT2D eigenvalue weighted by atomic mass is 9.43. The number of ether oxygens (including phenoxy) is 1. The quantitative estimate of drug-likeness (QED) is 0.731. The molecule has 6 heteroatoms. The van der Waals surface area contributed by atoms with Crippen molar-refractivity contribution in [2.24, 2.45) is 47.5 Å². The Bertz CT molecular complexity index is 851. The van der Waals surface area contributed by atoms with E-state index in [-0.39, 0.29) is 22.5 Å². The van der Waals surface area contributed by atoms with Gasteiger partial charge in [0.25, 0.3) is 0 Å². The van der Waals surface area contributed by atoms with Crippen molar-refractivity contribution in [3.63, 3.8) is 0 Å². The fraction of sp³-hybridized carbons (Fsp3) is 0.880. The molecule has 31 heavy (non-hydrogen) atoms. The van der Waals surface area contributed by atoms with E-state index >= 15 is 0 Å². The molecule has 4 saturated carbocycles. The Kier molecular flexibility index (Phi) is 5.13. The summed E-state index contributed by atoms with van der Waals surface area (Å²) in [6.07, 6.45) is 11.4. The van der Waals surface area contributed by atoms with Gasteiger partial charge in [-0.2, -0.15) is 15.0 Å². The predicted octanol–water partition coefficient (Wildman–Crippen LogP) is 4.03. The molecule has 1 aromatic heterocycles. The second-order valence-electron chi connectivity index (χ2n) is 11.8. The number of hydrogen-bond acceptors (Lipinski definition) is 5. The molecule has 0 bridgehead atoms. The van der Waals surface area contributed by atoms with Crippen LogP contribution in [0.5, 0.6) is 0 Å². The van der Waals surface area contributed by atoms with Crippen LogP contribution in [0.15, 0.2) is 6.20 Å². The second-order valence-corrected chi connectivity index (χ2v) is 11.8. The summed E-state index contributed by atoms with van der Waals surface area (Å²) in [5.41, 5.74) is 0.274. The van der Waals surface area contributed by atoms with Crippen LogP contribution in [0.4, 0.5) is 0 Å². The molecule has 172 valence electrons. The first-order valence-electron chi connectivity index (χ1n) is 12.3. The molecule has 5 rings (SSSR count). The summed E-state index contributed by atoms with van der Waals surface area (Å²) in [5, 5.41) is 19.3. The minimum Gasteiger partial charge on any atom is -0.390 e. The van der Waals surface area contributed by atoms with Gasteiger partial charge in [0.15, 0.2) is 5.78 Å². The minimum atomic E-state index is -0.528. The van der Waals surface area contributed by atoms with E-state index in [0.717, 1.165) is 45.1 Å². The number of aromatic nitrogens is 3. The van der Waals surface area contributed by atoms with E-state index in [4.69, 9.17) is 4.74 Å². The van der Waals surface area contributed by atoms with Gasteiger partial charge >= 0.3 is 0 Å². The summed E-state index contributed by atoms with van der Waals surface area (Å²) >= 11 is 0. The van der Waals surface area contributed by atoms with Crippen molar-refractivity contribution in [3.8, 4) is 0 Å². The van der Waals surface area contributed by atoms with Crippen molar-refractivity contribution in [2.75, 3.05) is 13.7 Å². The van der Waals surface area contributed by atoms with Crippen molar-refractivity contribution in [2.45, 2.75) is 77.2 Å². The number of aryl methyl sites for hydroxylation is 1. The van der Waals surface area contributed by atoms with Crippen LogP contribution in [0.3, 0.4) is 0 Å². The molecule has 0 unspecified atom stereocenters. The molecule has 0 saturated heterocycles. The topological polar surface area (TPSA) is 77.2 Å². The first kappa shape index (κ1) is 21.6. The van der Waals surface area contributed by atoms with Crippen molar-refractivity contribution in [1.82, 2.24) is 15.0 Å². The fourth-order valence-electron chi connectivity index (χ4n) is 8.85. The van der Waals surface area contributed by atoms with Crippen LogP contribution in [0.1, 0.15) is 82.1 Å². The van der Waals surface area contributed by atoms with Crippen LogP contribution in [0, 0.1) is 40.4 Å². The first-order chi connectivity index (χ1) is 14.7. The molecule has 4 aliphatic rings. The van der Waals surface area contributed by atoms with Gasteiger partial charge in [0, 0.05) is 20.1 Å². The van der Waals surface area contributed by atoms with Gasteiger partial charge in [0.1, 0.15) is 5.69 Å². The van der Waals surface area contributed by atoms with Gasteiger partial charge < -0.3 is 9.84 Å². The third-order valence-electron chi connectivity index (χ3n) is 10.2. The van der Waals surface area contributed by atoms with Crippen LogP contribution in [-0.4, -0.2) is 45.2 Å². The van der Waals surface area contributed by atoms with Crippen LogP contribution >= 0.6 is 0 Å². The predicted molar refractivity (Wildman–Crippen MR) is 117 cm³/mol. The molecule has 0 aromatic carbocycles. The Morgan fingerprint density at radius 2 is 1.97 bits per heavy atom. The first-order valence-corrected chi connectivity index (χ1v) is 12.3. The van der Waals surface area contributed by atoms with Crippen LogP contribution < -0.4 is 0 Å². The maximum absolute atomic E-state index is 13.4. The van der Waals surface area contributed by atoms with E-state index in [2.05, 4.69) is 17.1 Å². The number of methoxy groups -OCH3 is 1. The zero-order valence-electron chi connectivity index (χ0n) is 19.6. The van der Waals surface area contributed by atoms with Crippen LogP contribution in [-0.2, 0) is 11.8 Å². The van der Waals surface area contributed by atoms with Crippen LogP contribution in [0.2, 0.25) is 0 Å². The maximum atomic E-state index is 13.4. The number of carbonyl (C=O) groups is 1. The molecule has 1 N–H and O–H groups in total. The van der Waals surface area contributed by atoms with E-state index in [1.165, 1.54) is 24.1 Å². The third kappa shape index (κ3) is 3.23. The molecular formula is C25H39N3O3. The molecule has 4 aliphatic carbocycles. The number of Topliss-reactive ketones (excluding diaryl/α,β-unsaturated/α-hetero) is 1. The average Bonchev–Trinajstić information content (AvgIpc) is 3.30. The van der Waals surface area contributed by atoms with E-state index < -0.39 is 5.60 Å². The van der Waals surface area contributed by atoms with E-state index in [1.807, 2.05) is 14.0 Å². The Hall–Kier alpha value is -1.27. The summed E-state index contributed by atoms with van der Waals surface area (Å²) in [6, 6.07) is 0. The number of hydrogen-bond donors (Lipinski definition) is 1. The molecule has 6 nitrogen and oxygen atoms in total. The number of aliphatic hydroxyl groups is 1. The summed E-state index contributed by atoms with van der Waals surface area (Å²) in [5.74, 6) is 2.76. The Morgan fingerprint density at radius 3 is 2.68 bits per heavy atom. The van der Waals surface area contributed by atoms with Gasteiger partial charge in [0.2, 0.25) is 0 Å². The van der Waals surface area contributed by atoms with Gasteiger partial charge in [-0.15, -0.1) is 0 Å². The number of nitrogens with zero attached hydrogens (tertiary/aromatic N) is 3. The highest BCUT2D eigenvalue weighted by molar-refractivity contribution is 5.96. The molecular weight excluding hydrogens is 390 g/mol. The van der Waals surface area contributed by atoms with E-state index in [9.17, 15) is 9.90 Å². The van der Waals surface area contributed by atoms with Gasteiger partial charge in [-0.3, -0.25) is 4.79 Å². The summed E-state index contributed by atoms with van der Waals surface area (Å²) in [7, 11) is 3.62. The minimum absolute atomic E-state index is 0.0665. The molecule has 1 aromatic rings. The lowest BCUT2D eigenvalue weighted by Crippen LogP contribution is -2.58. The number of carbonyl (C=O) groups excluding carboxylic acids is 1.